The van der Waals surface area contributed by atoms with Gasteiger partial charge in [0.05, 0.1) is 0 Å². The van der Waals surface area contributed by atoms with Gasteiger partial charge in [0.2, 0.25) is 0 Å². The number of hydrogen-bond acceptors (Lipinski definition) is 5. The first-order chi connectivity index (χ1) is 24.7. The van der Waals surface area contributed by atoms with Crippen LogP contribution < -0.4 is 0 Å². The molecule has 0 N–H and O–H groups in total. The highest BCUT2D eigenvalue weighted by Crippen LogP contribution is 2.42. The Hall–Kier alpha value is -6.43. The Kier molecular flexibility index (Phi) is 5.80. The molecule has 0 aliphatic carbocycles. The second-order valence-electron chi connectivity index (χ2n) is 12.8. The van der Waals surface area contributed by atoms with Crippen LogP contribution in [0.1, 0.15) is 0 Å². The van der Waals surface area contributed by atoms with Gasteiger partial charge >= 0.3 is 0 Å². The lowest BCUT2D eigenvalue weighted by Crippen LogP contribution is -2.00. The third-order valence-electron chi connectivity index (χ3n) is 9.88. The molecule has 0 radical (unpaired) electrons. The Morgan fingerprint density at radius 3 is 1.82 bits per heavy atom. The summed E-state index contributed by atoms with van der Waals surface area (Å²) in [6.07, 6.45) is 0. The summed E-state index contributed by atoms with van der Waals surface area (Å²) >= 11 is 1.81. The monoisotopic (exact) mass is 655 g/mol. The van der Waals surface area contributed by atoms with E-state index in [1.165, 1.54) is 47.1 Å². The molecule has 4 nitrogen and oxygen atoms in total. The molecule has 0 atom stereocenters. The minimum absolute atomic E-state index is 0.646. The average Bonchev–Trinajstić information content (AvgIpc) is 3.75. The molecule has 3 aromatic heterocycles. The highest BCUT2D eigenvalue weighted by Gasteiger charge is 2.17. The number of aromatic nitrogens is 3. The van der Waals surface area contributed by atoms with Crippen LogP contribution in [0.25, 0.3) is 109 Å². The van der Waals surface area contributed by atoms with E-state index in [0.717, 1.165) is 44.0 Å². The fourth-order valence-corrected chi connectivity index (χ4v) is 8.63. The maximum atomic E-state index is 6.31. The number of rotatable bonds is 3. The quantitative estimate of drug-likeness (QED) is 0.178. The average molecular weight is 656 g/mol. The van der Waals surface area contributed by atoms with Gasteiger partial charge in [-0.3, -0.25) is 0 Å². The van der Waals surface area contributed by atoms with E-state index < -0.39 is 0 Å². The molecule has 232 valence electrons. The van der Waals surface area contributed by atoms with Gasteiger partial charge < -0.3 is 4.42 Å². The molecule has 0 saturated heterocycles. The van der Waals surface area contributed by atoms with Gasteiger partial charge in [0.1, 0.15) is 11.2 Å². The molecule has 5 heteroatoms. The van der Waals surface area contributed by atoms with Gasteiger partial charge in [0.25, 0.3) is 0 Å². The van der Waals surface area contributed by atoms with E-state index in [1.807, 2.05) is 41.7 Å². The summed E-state index contributed by atoms with van der Waals surface area (Å²) in [4.78, 5) is 15.2. The first kappa shape index (κ1) is 27.5. The predicted octanol–water partition coefficient (Wildman–Crippen LogP) is 12.6. The lowest BCUT2D eigenvalue weighted by atomic mass is 9.93. The summed E-state index contributed by atoms with van der Waals surface area (Å²) in [5, 5.41) is 11.9. The van der Waals surface area contributed by atoms with Crippen LogP contribution >= 0.6 is 11.3 Å². The van der Waals surface area contributed by atoms with Crippen molar-refractivity contribution in [2.75, 3.05) is 0 Å². The van der Waals surface area contributed by atoms with E-state index in [4.69, 9.17) is 19.4 Å². The predicted molar refractivity (Wildman–Crippen MR) is 209 cm³/mol. The molecule has 3 heterocycles. The number of hydrogen-bond donors (Lipinski definition) is 0. The van der Waals surface area contributed by atoms with Gasteiger partial charge in [-0.2, -0.15) is 0 Å². The van der Waals surface area contributed by atoms with Crippen LogP contribution in [0.3, 0.4) is 0 Å². The zero-order chi connectivity index (χ0) is 32.8. The Morgan fingerprint density at radius 1 is 0.360 bits per heavy atom. The van der Waals surface area contributed by atoms with Crippen LogP contribution in [-0.4, -0.2) is 15.0 Å². The number of nitrogens with zero attached hydrogens (tertiary/aromatic N) is 3. The topological polar surface area (TPSA) is 51.8 Å². The van der Waals surface area contributed by atoms with Crippen molar-refractivity contribution in [2.45, 2.75) is 0 Å². The summed E-state index contributed by atoms with van der Waals surface area (Å²) in [7, 11) is 0. The van der Waals surface area contributed by atoms with Crippen LogP contribution in [0.2, 0.25) is 0 Å². The first-order valence-corrected chi connectivity index (χ1v) is 17.5. The zero-order valence-electron chi connectivity index (χ0n) is 26.6. The molecule has 0 aliphatic rings. The summed E-state index contributed by atoms with van der Waals surface area (Å²) in [5.74, 6) is 1.96. The number of furan rings is 1. The zero-order valence-corrected chi connectivity index (χ0v) is 27.4. The Balaban J connectivity index is 1.14. The number of para-hydroxylation sites is 1. The fraction of sp³-hybridized carbons (Fsp3) is 0. The fourth-order valence-electron chi connectivity index (χ4n) is 7.54. The summed E-state index contributed by atoms with van der Waals surface area (Å²) in [5.41, 5.74) is 4.67. The SMILES string of the molecule is c1ccc(-c2nc(-c3ccc4c(ccc5ccc6ccc7oc8ccccc8c7c6c54)c3)nc(-c3ccc4sc5ccccc5c4c3)n2)cc1. The van der Waals surface area contributed by atoms with Crippen molar-refractivity contribution >= 4 is 85.8 Å². The van der Waals surface area contributed by atoms with Gasteiger partial charge in [-0.15, -0.1) is 11.3 Å². The van der Waals surface area contributed by atoms with Gasteiger partial charge in [0.15, 0.2) is 17.5 Å². The molecule has 0 aliphatic heterocycles. The summed E-state index contributed by atoms with van der Waals surface area (Å²) in [6.45, 7) is 0. The van der Waals surface area contributed by atoms with Crippen molar-refractivity contribution < 1.29 is 4.42 Å². The molecule has 0 amide bonds. The molecular formula is C45H25N3OS. The van der Waals surface area contributed by atoms with Crippen molar-refractivity contribution in [1.82, 2.24) is 15.0 Å². The second kappa shape index (κ2) is 10.5. The third-order valence-corrected chi connectivity index (χ3v) is 11.0. The molecule has 8 aromatic carbocycles. The number of thiophene rings is 1. The Bertz CT molecular complexity index is 3160. The first-order valence-electron chi connectivity index (χ1n) is 16.7. The van der Waals surface area contributed by atoms with E-state index in [0.29, 0.717) is 17.5 Å². The van der Waals surface area contributed by atoms with Crippen LogP contribution in [-0.2, 0) is 0 Å². The Labute approximate surface area is 289 Å². The molecule has 0 saturated carbocycles. The molecule has 0 spiro atoms. The van der Waals surface area contributed by atoms with Gasteiger partial charge in [-0.25, -0.2) is 15.0 Å². The molecule has 11 rings (SSSR count). The molecule has 50 heavy (non-hydrogen) atoms. The molecule has 11 aromatic rings. The van der Waals surface area contributed by atoms with E-state index in [9.17, 15) is 0 Å². The van der Waals surface area contributed by atoms with Crippen molar-refractivity contribution in [2.24, 2.45) is 0 Å². The van der Waals surface area contributed by atoms with Gasteiger partial charge in [0, 0.05) is 53.0 Å². The van der Waals surface area contributed by atoms with Gasteiger partial charge in [-0.05, 0) is 69.4 Å². The maximum Gasteiger partial charge on any atom is 0.164 e. The van der Waals surface area contributed by atoms with E-state index in [2.05, 4.69) is 121 Å². The van der Waals surface area contributed by atoms with Crippen LogP contribution in [0.15, 0.2) is 156 Å². The molecule has 0 unspecified atom stereocenters. The molecular weight excluding hydrogens is 631 g/mol. The normalized spacial score (nSPS) is 12.0. The second-order valence-corrected chi connectivity index (χ2v) is 13.9. The summed E-state index contributed by atoms with van der Waals surface area (Å²) < 4.78 is 8.84. The van der Waals surface area contributed by atoms with Crippen molar-refractivity contribution in [3.8, 4) is 34.2 Å². The van der Waals surface area contributed by atoms with E-state index in [-0.39, 0.29) is 0 Å². The van der Waals surface area contributed by atoms with E-state index in [1.54, 1.807) is 0 Å². The summed E-state index contributed by atoms with van der Waals surface area (Å²) in [6, 6.07) is 53.3. The van der Waals surface area contributed by atoms with E-state index >= 15 is 0 Å². The maximum absolute atomic E-state index is 6.31. The minimum atomic E-state index is 0.646. The smallest absolute Gasteiger partial charge is 0.164 e. The largest absolute Gasteiger partial charge is 0.456 e. The number of benzene rings is 8. The molecule has 0 bridgehead atoms. The van der Waals surface area contributed by atoms with Crippen molar-refractivity contribution in [1.29, 1.82) is 0 Å². The van der Waals surface area contributed by atoms with Crippen LogP contribution in [0.5, 0.6) is 0 Å². The highest BCUT2D eigenvalue weighted by molar-refractivity contribution is 7.25. The minimum Gasteiger partial charge on any atom is -0.456 e. The third kappa shape index (κ3) is 4.14. The standard InChI is InChI=1S/C45H25N3OS/c1-2-8-28(9-3-1)43-46-44(48-45(47-43)31-20-23-39-35(25-31)33-10-5-7-13-38(33)50-39)30-18-21-32-29(24-30)17-16-26-14-15-27-19-22-37-42(41(27)40(26)32)34-11-4-6-12-36(34)49-37/h1-25H. The van der Waals surface area contributed by atoms with Crippen molar-refractivity contribution in [3.05, 3.63) is 152 Å². The van der Waals surface area contributed by atoms with Crippen molar-refractivity contribution in [3.63, 3.8) is 0 Å². The van der Waals surface area contributed by atoms with Gasteiger partial charge in [-0.1, -0.05) is 109 Å². The lowest BCUT2D eigenvalue weighted by molar-refractivity contribution is 0.669. The number of fused-ring (bicyclic) bond motifs is 12. The van der Waals surface area contributed by atoms with Crippen LogP contribution in [0.4, 0.5) is 0 Å². The molecule has 0 fully saturated rings. The highest BCUT2D eigenvalue weighted by atomic mass is 32.1. The van der Waals surface area contributed by atoms with Crippen LogP contribution in [0, 0.1) is 0 Å². The lowest BCUT2D eigenvalue weighted by Gasteiger charge is -2.12. The Morgan fingerprint density at radius 2 is 0.980 bits per heavy atom.